The fourth-order valence-electron chi connectivity index (χ4n) is 2.61. The number of nitrogens with zero attached hydrogens (tertiary/aromatic N) is 2. The Kier molecular flexibility index (Phi) is 4.48. The Hall–Kier alpha value is -2.21. The maximum atomic E-state index is 12.4. The first-order valence-corrected chi connectivity index (χ1v) is 8.15. The highest BCUT2D eigenvalue weighted by Crippen LogP contribution is 2.21. The van der Waals surface area contributed by atoms with E-state index in [0.29, 0.717) is 6.54 Å². The Labute approximate surface area is 133 Å². The average molecular weight is 315 g/mol. The number of piperidine rings is 1. The number of amides is 2. The number of hydrogen-bond donors (Lipinski definition) is 1. The zero-order valence-electron chi connectivity index (χ0n) is 12.1. The van der Waals surface area contributed by atoms with Crippen molar-refractivity contribution in [2.45, 2.75) is 12.8 Å². The van der Waals surface area contributed by atoms with Gasteiger partial charge in [-0.05, 0) is 36.4 Å². The van der Waals surface area contributed by atoms with Gasteiger partial charge < -0.3 is 10.2 Å². The number of carbonyl (C=O) groups is 2. The summed E-state index contributed by atoms with van der Waals surface area (Å²) in [5, 5.41) is 4.79. The number of pyridine rings is 1. The zero-order chi connectivity index (χ0) is 15.4. The Morgan fingerprint density at radius 2 is 2.09 bits per heavy atom. The van der Waals surface area contributed by atoms with Crippen molar-refractivity contribution in [1.29, 1.82) is 0 Å². The minimum atomic E-state index is -0.161. The molecule has 3 rings (SSSR count). The SMILES string of the molecule is O=C(Nc1ccncc1)[C@H]1CCCN(C(=O)c2cccs2)C1. The lowest BCUT2D eigenvalue weighted by atomic mass is 9.97. The van der Waals surface area contributed by atoms with Gasteiger partial charge in [0.15, 0.2) is 0 Å². The highest BCUT2D eigenvalue weighted by molar-refractivity contribution is 7.12. The number of thiophene rings is 1. The molecule has 6 heteroatoms. The van der Waals surface area contributed by atoms with E-state index in [-0.39, 0.29) is 17.7 Å². The van der Waals surface area contributed by atoms with Crippen molar-refractivity contribution in [3.8, 4) is 0 Å². The standard InChI is InChI=1S/C16H17N3O2S/c20-15(18-13-5-7-17-8-6-13)12-3-1-9-19(11-12)16(21)14-4-2-10-22-14/h2,4-8,10,12H,1,3,9,11H2,(H,17,18,20)/t12-/m0/s1. The molecule has 2 aromatic heterocycles. The van der Waals surface area contributed by atoms with Gasteiger partial charge in [-0.2, -0.15) is 0 Å². The van der Waals surface area contributed by atoms with E-state index in [4.69, 9.17) is 0 Å². The van der Waals surface area contributed by atoms with Gasteiger partial charge in [0.2, 0.25) is 5.91 Å². The van der Waals surface area contributed by atoms with Gasteiger partial charge in [-0.25, -0.2) is 0 Å². The van der Waals surface area contributed by atoms with Crippen molar-refractivity contribution in [2.75, 3.05) is 18.4 Å². The van der Waals surface area contributed by atoms with Crippen LogP contribution in [0.3, 0.4) is 0 Å². The van der Waals surface area contributed by atoms with Crippen molar-refractivity contribution in [2.24, 2.45) is 5.92 Å². The molecule has 1 N–H and O–H groups in total. The minimum Gasteiger partial charge on any atom is -0.337 e. The molecule has 0 aromatic carbocycles. The number of carbonyl (C=O) groups excluding carboxylic acids is 2. The van der Waals surface area contributed by atoms with E-state index in [1.807, 2.05) is 17.5 Å². The Morgan fingerprint density at radius 1 is 1.27 bits per heavy atom. The van der Waals surface area contributed by atoms with Gasteiger partial charge in [-0.15, -0.1) is 11.3 Å². The molecule has 0 spiro atoms. The summed E-state index contributed by atoms with van der Waals surface area (Å²) in [6.45, 7) is 1.20. The number of hydrogen-bond acceptors (Lipinski definition) is 4. The molecule has 1 atom stereocenters. The van der Waals surface area contributed by atoms with Crippen LogP contribution in [-0.4, -0.2) is 34.8 Å². The molecule has 114 valence electrons. The quantitative estimate of drug-likeness (QED) is 0.947. The van der Waals surface area contributed by atoms with Crippen LogP contribution >= 0.6 is 11.3 Å². The van der Waals surface area contributed by atoms with Crippen LogP contribution in [0.15, 0.2) is 42.0 Å². The summed E-state index contributed by atoms with van der Waals surface area (Å²) in [5.74, 6) is -0.169. The molecule has 1 saturated heterocycles. The average Bonchev–Trinajstić information content (AvgIpc) is 3.09. The van der Waals surface area contributed by atoms with Crippen LogP contribution in [0.1, 0.15) is 22.5 Å². The monoisotopic (exact) mass is 315 g/mol. The smallest absolute Gasteiger partial charge is 0.263 e. The van der Waals surface area contributed by atoms with Crippen molar-refractivity contribution < 1.29 is 9.59 Å². The summed E-state index contributed by atoms with van der Waals surface area (Å²) in [7, 11) is 0. The maximum Gasteiger partial charge on any atom is 0.263 e. The van der Waals surface area contributed by atoms with Gasteiger partial charge in [0.1, 0.15) is 0 Å². The Balaban J connectivity index is 1.63. The second-order valence-electron chi connectivity index (χ2n) is 5.29. The van der Waals surface area contributed by atoms with Crippen LogP contribution in [0, 0.1) is 5.92 Å². The van der Waals surface area contributed by atoms with E-state index < -0.39 is 0 Å². The molecular weight excluding hydrogens is 298 g/mol. The number of likely N-dealkylation sites (tertiary alicyclic amines) is 1. The van der Waals surface area contributed by atoms with E-state index in [9.17, 15) is 9.59 Å². The van der Waals surface area contributed by atoms with E-state index in [1.165, 1.54) is 11.3 Å². The molecule has 22 heavy (non-hydrogen) atoms. The van der Waals surface area contributed by atoms with Gasteiger partial charge >= 0.3 is 0 Å². The van der Waals surface area contributed by atoms with Crippen LogP contribution in [0.5, 0.6) is 0 Å². The molecule has 0 radical (unpaired) electrons. The molecule has 0 aliphatic carbocycles. The maximum absolute atomic E-state index is 12.4. The summed E-state index contributed by atoms with van der Waals surface area (Å²) >= 11 is 1.44. The largest absolute Gasteiger partial charge is 0.337 e. The second-order valence-corrected chi connectivity index (χ2v) is 6.24. The topological polar surface area (TPSA) is 62.3 Å². The third-order valence-corrected chi connectivity index (χ3v) is 4.62. The summed E-state index contributed by atoms with van der Waals surface area (Å²) in [4.78, 5) is 31.2. The van der Waals surface area contributed by atoms with Crippen molar-refractivity contribution >= 4 is 28.8 Å². The molecule has 0 saturated carbocycles. The van der Waals surface area contributed by atoms with Crippen LogP contribution < -0.4 is 5.32 Å². The lowest BCUT2D eigenvalue weighted by Gasteiger charge is -2.31. The van der Waals surface area contributed by atoms with E-state index >= 15 is 0 Å². The Morgan fingerprint density at radius 3 is 2.82 bits per heavy atom. The van der Waals surface area contributed by atoms with Crippen LogP contribution in [0.25, 0.3) is 0 Å². The molecule has 3 heterocycles. The minimum absolute atomic E-state index is 0.0245. The number of aromatic nitrogens is 1. The summed E-state index contributed by atoms with van der Waals surface area (Å²) < 4.78 is 0. The van der Waals surface area contributed by atoms with Gasteiger partial charge in [0, 0.05) is 31.2 Å². The molecule has 1 aliphatic rings. The fraction of sp³-hybridized carbons (Fsp3) is 0.312. The summed E-state index contributed by atoms with van der Waals surface area (Å²) in [6, 6.07) is 7.22. The molecule has 2 amide bonds. The zero-order valence-corrected chi connectivity index (χ0v) is 12.9. The highest BCUT2D eigenvalue weighted by Gasteiger charge is 2.29. The molecule has 0 unspecified atom stereocenters. The fourth-order valence-corrected chi connectivity index (χ4v) is 3.30. The Bertz CT molecular complexity index is 643. The van der Waals surface area contributed by atoms with Gasteiger partial charge in [0.25, 0.3) is 5.91 Å². The van der Waals surface area contributed by atoms with Crippen LogP contribution in [0.4, 0.5) is 5.69 Å². The van der Waals surface area contributed by atoms with Crippen molar-refractivity contribution in [3.05, 3.63) is 46.9 Å². The van der Waals surface area contributed by atoms with Crippen LogP contribution in [0.2, 0.25) is 0 Å². The van der Waals surface area contributed by atoms with E-state index in [2.05, 4.69) is 10.3 Å². The molecule has 1 fully saturated rings. The molecule has 0 bridgehead atoms. The van der Waals surface area contributed by atoms with Crippen molar-refractivity contribution in [1.82, 2.24) is 9.88 Å². The van der Waals surface area contributed by atoms with Gasteiger partial charge in [0.05, 0.1) is 10.8 Å². The number of rotatable bonds is 3. The first-order chi connectivity index (χ1) is 10.7. The van der Waals surface area contributed by atoms with Crippen LogP contribution in [-0.2, 0) is 4.79 Å². The summed E-state index contributed by atoms with van der Waals surface area (Å²) in [6.07, 6.45) is 4.95. The lowest BCUT2D eigenvalue weighted by Crippen LogP contribution is -2.43. The lowest BCUT2D eigenvalue weighted by molar-refractivity contribution is -0.121. The third-order valence-electron chi connectivity index (χ3n) is 3.76. The second kappa shape index (κ2) is 6.70. The number of nitrogens with one attached hydrogen (secondary N) is 1. The first kappa shape index (κ1) is 14.7. The predicted molar refractivity (Wildman–Crippen MR) is 85.8 cm³/mol. The molecular formula is C16H17N3O2S. The predicted octanol–water partition coefficient (Wildman–Crippen LogP) is 2.63. The van der Waals surface area contributed by atoms with E-state index in [0.717, 1.165) is 30.0 Å². The van der Waals surface area contributed by atoms with Gasteiger partial charge in [-0.1, -0.05) is 6.07 Å². The summed E-state index contributed by atoms with van der Waals surface area (Å²) in [5.41, 5.74) is 0.738. The van der Waals surface area contributed by atoms with Crippen molar-refractivity contribution in [3.63, 3.8) is 0 Å². The molecule has 1 aliphatic heterocycles. The first-order valence-electron chi connectivity index (χ1n) is 7.28. The highest BCUT2D eigenvalue weighted by atomic mass is 32.1. The number of anilines is 1. The molecule has 2 aromatic rings. The van der Waals surface area contributed by atoms with Gasteiger partial charge in [-0.3, -0.25) is 14.6 Å². The normalized spacial score (nSPS) is 18.0. The third kappa shape index (κ3) is 3.33. The molecule has 5 nitrogen and oxygen atoms in total. The van der Waals surface area contributed by atoms with E-state index in [1.54, 1.807) is 29.4 Å².